The Labute approximate surface area is 123 Å². The maximum absolute atomic E-state index is 11.9. The summed E-state index contributed by atoms with van der Waals surface area (Å²) in [5.74, 6) is 0.812. The van der Waals surface area contributed by atoms with Crippen LogP contribution in [0.4, 0.5) is 0 Å². The van der Waals surface area contributed by atoms with Crippen LogP contribution in [0.1, 0.15) is 52.4 Å². The van der Waals surface area contributed by atoms with Gasteiger partial charge in [0.05, 0.1) is 7.11 Å². The van der Waals surface area contributed by atoms with Crippen molar-refractivity contribution in [2.24, 2.45) is 11.8 Å². The number of hydrogen-bond acceptors (Lipinski definition) is 4. The highest BCUT2D eigenvalue weighted by Gasteiger charge is 2.37. The van der Waals surface area contributed by atoms with Gasteiger partial charge in [0.25, 0.3) is 0 Å². The molecule has 1 heterocycles. The minimum absolute atomic E-state index is 0.123. The quantitative estimate of drug-likeness (QED) is 0.758. The molecule has 0 amide bonds. The second kappa shape index (κ2) is 7.41. The van der Waals surface area contributed by atoms with Crippen molar-refractivity contribution in [2.45, 2.75) is 70.5 Å². The molecule has 4 nitrogen and oxygen atoms in total. The summed E-state index contributed by atoms with van der Waals surface area (Å²) in [5.41, 5.74) is 0. The highest BCUT2D eigenvalue weighted by molar-refractivity contribution is 5.76. The molecule has 0 aromatic rings. The number of carbonyl (C=O) groups excluding carboxylic acids is 1. The Hall–Kier alpha value is -0.610. The largest absolute Gasteiger partial charge is 0.468 e. The van der Waals surface area contributed by atoms with Crippen LogP contribution in [-0.4, -0.2) is 37.7 Å². The van der Waals surface area contributed by atoms with Crippen molar-refractivity contribution in [1.82, 2.24) is 10.6 Å². The first kappa shape index (κ1) is 15.8. The molecule has 0 radical (unpaired) electrons. The van der Waals surface area contributed by atoms with Crippen LogP contribution < -0.4 is 10.6 Å². The third-order valence-corrected chi connectivity index (χ3v) is 4.95. The molecular formula is C16H30N2O2. The molecule has 2 aliphatic rings. The molecule has 20 heavy (non-hydrogen) atoms. The van der Waals surface area contributed by atoms with Crippen molar-refractivity contribution in [2.75, 3.05) is 13.7 Å². The van der Waals surface area contributed by atoms with Gasteiger partial charge in [0.2, 0.25) is 0 Å². The Kier molecular flexibility index (Phi) is 5.85. The van der Waals surface area contributed by atoms with Crippen LogP contribution >= 0.6 is 0 Å². The summed E-state index contributed by atoms with van der Waals surface area (Å²) in [6.07, 6.45) is 7.66. The number of hydrogen-bond donors (Lipinski definition) is 2. The molecular weight excluding hydrogens is 252 g/mol. The molecule has 0 spiro atoms. The Bertz CT molecular complexity index is 314. The van der Waals surface area contributed by atoms with Crippen molar-refractivity contribution in [1.29, 1.82) is 0 Å². The minimum Gasteiger partial charge on any atom is -0.468 e. The Morgan fingerprint density at radius 2 is 2.00 bits per heavy atom. The number of methoxy groups -OCH3 is 1. The molecule has 0 aromatic heterocycles. The van der Waals surface area contributed by atoms with Gasteiger partial charge in [-0.25, -0.2) is 0 Å². The van der Waals surface area contributed by atoms with Crippen molar-refractivity contribution in [3.05, 3.63) is 0 Å². The lowest BCUT2D eigenvalue weighted by Crippen LogP contribution is -2.52. The molecule has 2 N–H and O–H groups in total. The lowest BCUT2D eigenvalue weighted by molar-refractivity contribution is -0.144. The van der Waals surface area contributed by atoms with E-state index < -0.39 is 0 Å². The summed E-state index contributed by atoms with van der Waals surface area (Å²) in [6.45, 7) is 5.31. The third kappa shape index (κ3) is 3.73. The maximum Gasteiger partial charge on any atom is 0.323 e. The average Bonchev–Trinajstić information content (AvgIpc) is 2.92. The molecule has 2 rings (SSSR count). The SMILES string of the molecule is COC(=O)C(NC1CCCC1C1CCCCN1)C(C)C. The highest BCUT2D eigenvalue weighted by atomic mass is 16.5. The molecule has 1 aliphatic carbocycles. The van der Waals surface area contributed by atoms with Crippen molar-refractivity contribution >= 4 is 5.97 Å². The summed E-state index contributed by atoms with van der Waals surface area (Å²) in [7, 11) is 1.48. The summed E-state index contributed by atoms with van der Waals surface area (Å²) < 4.78 is 4.95. The molecule has 4 heteroatoms. The second-order valence-electron chi connectivity index (χ2n) is 6.67. The van der Waals surface area contributed by atoms with Gasteiger partial charge in [-0.15, -0.1) is 0 Å². The number of esters is 1. The van der Waals surface area contributed by atoms with Crippen molar-refractivity contribution in [3.63, 3.8) is 0 Å². The summed E-state index contributed by atoms with van der Waals surface area (Å²) >= 11 is 0. The lowest BCUT2D eigenvalue weighted by Gasteiger charge is -2.35. The smallest absolute Gasteiger partial charge is 0.323 e. The first-order chi connectivity index (χ1) is 9.63. The Balaban J connectivity index is 1.96. The van der Waals surface area contributed by atoms with E-state index in [4.69, 9.17) is 4.74 Å². The fourth-order valence-electron chi connectivity index (χ4n) is 3.81. The number of piperidine rings is 1. The van der Waals surface area contributed by atoms with Gasteiger partial charge >= 0.3 is 5.97 Å². The third-order valence-electron chi connectivity index (χ3n) is 4.95. The summed E-state index contributed by atoms with van der Waals surface area (Å²) in [4.78, 5) is 11.9. The number of rotatable bonds is 5. The number of carbonyl (C=O) groups is 1. The van der Waals surface area contributed by atoms with E-state index in [0.29, 0.717) is 18.0 Å². The maximum atomic E-state index is 11.9. The van der Waals surface area contributed by atoms with Crippen LogP contribution in [-0.2, 0) is 9.53 Å². The predicted molar refractivity (Wildman–Crippen MR) is 80.5 cm³/mol. The van der Waals surface area contributed by atoms with Crippen molar-refractivity contribution < 1.29 is 9.53 Å². The van der Waals surface area contributed by atoms with E-state index in [1.54, 1.807) is 0 Å². The molecule has 0 aromatic carbocycles. The van der Waals surface area contributed by atoms with Crippen molar-refractivity contribution in [3.8, 4) is 0 Å². The van der Waals surface area contributed by atoms with Gasteiger partial charge in [-0.3, -0.25) is 4.79 Å². The molecule has 1 saturated heterocycles. The first-order valence-corrected chi connectivity index (χ1v) is 8.20. The predicted octanol–water partition coefficient (Wildman–Crippen LogP) is 2.08. The van der Waals surface area contributed by atoms with Gasteiger partial charge in [-0.1, -0.05) is 26.7 Å². The fourth-order valence-corrected chi connectivity index (χ4v) is 3.81. The van der Waals surface area contributed by atoms with E-state index in [0.717, 1.165) is 6.54 Å². The first-order valence-electron chi connectivity index (χ1n) is 8.20. The van der Waals surface area contributed by atoms with E-state index in [1.807, 2.05) is 0 Å². The van der Waals surface area contributed by atoms with Gasteiger partial charge in [0, 0.05) is 12.1 Å². The molecule has 4 unspecified atom stereocenters. The zero-order chi connectivity index (χ0) is 14.5. The molecule has 116 valence electrons. The van der Waals surface area contributed by atoms with Crippen LogP contribution in [0, 0.1) is 11.8 Å². The van der Waals surface area contributed by atoms with Gasteiger partial charge < -0.3 is 15.4 Å². The van der Waals surface area contributed by atoms with E-state index >= 15 is 0 Å². The normalized spacial score (nSPS) is 32.3. The van der Waals surface area contributed by atoms with Gasteiger partial charge in [0.15, 0.2) is 0 Å². The lowest BCUT2D eigenvalue weighted by atomic mass is 9.87. The van der Waals surface area contributed by atoms with E-state index in [1.165, 1.54) is 45.6 Å². The topological polar surface area (TPSA) is 50.4 Å². The number of nitrogens with one attached hydrogen (secondary N) is 2. The molecule has 4 atom stereocenters. The van der Waals surface area contributed by atoms with E-state index in [-0.39, 0.29) is 17.9 Å². The molecule has 0 bridgehead atoms. The Morgan fingerprint density at radius 3 is 2.60 bits per heavy atom. The second-order valence-corrected chi connectivity index (χ2v) is 6.67. The van der Waals surface area contributed by atoms with Crippen LogP contribution in [0.5, 0.6) is 0 Å². The molecule has 2 fully saturated rings. The van der Waals surface area contributed by atoms with Crippen LogP contribution in [0.3, 0.4) is 0 Å². The monoisotopic (exact) mass is 282 g/mol. The highest BCUT2D eigenvalue weighted by Crippen LogP contribution is 2.32. The van der Waals surface area contributed by atoms with Gasteiger partial charge in [-0.05, 0) is 44.1 Å². The van der Waals surface area contributed by atoms with Crippen LogP contribution in [0.2, 0.25) is 0 Å². The van der Waals surface area contributed by atoms with Gasteiger partial charge in [0.1, 0.15) is 6.04 Å². The summed E-state index contributed by atoms with van der Waals surface area (Å²) in [5, 5.41) is 7.28. The molecule has 1 saturated carbocycles. The minimum atomic E-state index is -0.172. The standard InChI is InChI=1S/C16H30N2O2/c1-11(2)15(16(19)20-3)18-14-9-6-7-12(14)13-8-4-5-10-17-13/h11-15,17-18H,4-10H2,1-3H3. The van der Waals surface area contributed by atoms with E-state index in [9.17, 15) is 4.79 Å². The number of ether oxygens (including phenoxy) is 1. The zero-order valence-corrected chi connectivity index (χ0v) is 13.2. The fraction of sp³-hybridized carbons (Fsp3) is 0.938. The average molecular weight is 282 g/mol. The zero-order valence-electron chi connectivity index (χ0n) is 13.2. The Morgan fingerprint density at radius 1 is 1.20 bits per heavy atom. The van der Waals surface area contributed by atoms with Crippen LogP contribution in [0.25, 0.3) is 0 Å². The van der Waals surface area contributed by atoms with E-state index in [2.05, 4.69) is 24.5 Å². The van der Waals surface area contributed by atoms with Crippen LogP contribution in [0.15, 0.2) is 0 Å². The molecule has 1 aliphatic heterocycles. The van der Waals surface area contributed by atoms with Gasteiger partial charge in [-0.2, -0.15) is 0 Å². The summed E-state index contributed by atoms with van der Waals surface area (Å²) in [6, 6.07) is 0.917.